The summed E-state index contributed by atoms with van der Waals surface area (Å²) in [7, 11) is 4.35. The van der Waals surface area contributed by atoms with Crippen LogP contribution >= 0.6 is 12.4 Å². The smallest absolute Gasteiger partial charge is 0.0121 e. The summed E-state index contributed by atoms with van der Waals surface area (Å²) in [6, 6.07) is 20.1. The van der Waals surface area contributed by atoms with Gasteiger partial charge in [-0.15, -0.1) is 12.4 Å². The Morgan fingerprint density at radius 3 is 2.36 bits per heavy atom. The minimum absolute atomic E-state index is 0. The van der Waals surface area contributed by atoms with Gasteiger partial charge < -0.3 is 4.90 Å². The predicted molar refractivity (Wildman–Crippen MR) is 97.0 cm³/mol. The van der Waals surface area contributed by atoms with Crippen molar-refractivity contribution in [2.75, 3.05) is 20.6 Å². The van der Waals surface area contributed by atoms with Crippen molar-refractivity contribution in [2.24, 2.45) is 5.92 Å². The van der Waals surface area contributed by atoms with E-state index in [0.717, 1.165) is 5.92 Å². The summed E-state index contributed by atoms with van der Waals surface area (Å²) in [5.74, 6) is 1.32. The highest BCUT2D eigenvalue weighted by Crippen LogP contribution is 2.42. The van der Waals surface area contributed by atoms with Crippen LogP contribution < -0.4 is 0 Å². The number of rotatable bonds is 4. The molecule has 0 bridgehead atoms. The second-order valence-corrected chi connectivity index (χ2v) is 6.48. The molecule has 0 saturated carbocycles. The molecule has 0 aliphatic heterocycles. The minimum Gasteiger partial charge on any atom is -0.309 e. The Hall–Kier alpha value is -1.31. The van der Waals surface area contributed by atoms with E-state index in [1.165, 1.54) is 31.4 Å². The predicted octanol–water partition coefficient (Wildman–Crippen LogP) is 4.75. The fourth-order valence-corrected chi connectivity index (χ4v) is 3.67. The summed E-state index contributed by atoms with van der Waals surface area (Å²) >= 11 is 0. The second kappa shape index (κ2) is 7.80. The molecule has 1 nitrogen and oxygen atoms in total. The average molecular weight is 316 g/mol. The molecular weight excluding hydrogens is 290 g/mol. The number of hydrogen-bond acceptors (Lipinski definition) is 1. The molecular formula is C20H26ClN. The first-order chi connectivity index (χ1) is 10.3. The number of aryl methyl sites for hydroxylation is 1. The molecule has 0 radical (unpaired) electrons. The summed E-state index contributed by atoms with van der Waals surface area (Å²) in [4.78, 5) is 2.31. The van der Waals surface area contributed by atoms with E-state index in [9.17, 15) is 0 Å². The number of halogens is 1. The van der Waals surface area contributed by atoms with Gasteiger partial charge in [-0.3, -0.25) is 0 Å². The van der Waals surface area contributed by atoms with E-state index in [2.05, 4.69) is 73.6 Å². The van der Waals surface area contributed by atoms with Crippen molar-refractivity contribution in [3.63, 3.8) is 0 Å². The van der Waals surface area contributed by atoms with Crippen molar-refractivity contribution in [3.8, 4) is 0 Å². The Labute approximate surface area is 140 Å². The fourth-order valence-electron chi connectivity index (χ4n) is 3.67. The molecule has 2 aromatic rings. The van der Waals surface area contributed by atoms with Crippen molar-refractivity contribution in [2.45, 2.75) is 25.2 Å². The first-order valence-electron chi connectivity index (χ1n) is 8.03. The highest BCUT2D eigenvalue weighted by Gasteiger charge is 2.30. The molecule has 0 N–H and O–H groups in total. The van der Waals surface area contributed by atoms with E-state index in [4.69, 9.17) is 0 Å². The van der Waals surface area contributed by atoms with Crippen molar-refractivity contribution in [1.29, 1.82) is 0 Å². The first-order valence-corrected chi connectivity index (χ1v) is 8.03. The lowest BCUT2D eigenvalue weighted by Crippen LogP contribution is -2.25. The van der Waals surface area contributed by atoms with Crippen LogP contribution in [-0.4, -0.2) is 25.5 Å². The van der Waals surface area contributed by atoms with Crippen LogP contribution in [-0.2, 0) is 6.42 Å². The van der Waals surface area contributed by atoms with Crippen molar-refractivity contribution in [3.05, 3.63) is 71.3 Å². The van der Waals surface area contributed by atoms with Gasteiger partial charge in [0.2, 0.25) is 0 Å². The zero-order valence-corrected chi connectivity index (χ0v) is 14.4. The highest BCUT2D eigenvalue weighted by atomic mass is 35.5. The van der Waals surface area contributed by atoms with Gasteiger partial charge in [-0.05, 0) is 62.5 Å². The number of benzene rings is 2. The third-order valence-corrected chi connectivity index (χ3v) is 4.75. The largest absolute Gasteiger partial charge is 0.309 e. The molecule has 2 atom stereocenters. The maximum absolute atomic E-state index is 2.34. The van der Waals surface area contributed by atoms with Crippen molar-refractivity contribution in [1.82, 2.24) is 4.90 Å². The number of hydrogen-bond donors (Lipinski definition) is 0. The lowest BCUT2D eigenvalue weighted by Gasteiger charge is -2.35. The van der Waals surface area contributed by atoms with Gasteiger partial charge in [-0.2, -0.15) is 0 Å². The Morgan fingerprint density at radius 2 is 1.64 bits per heavy atom. The zero-order chi connectivity index (χ0) is 14.7. The molecule has 0 spiro atoms. The summed E-state index contributed by atoms with van der Waals surface area (Å²) < 4.78 is 0. The van der Waals surface area contributed by atoms with Crippen LogP contribution in [0.15, 0.2) is 54.6 Å². The Kier molecular flexibility index (Phi) is 6.05. The fraction of sp³-hybridized carbons (Fsp3) is 0.400. The van der Waals surface area contributed by atoms with Crippen molar-refractivity contribution < 1.29 is 0 Å². The molecule has 0 aromatic heterocycles. The van der Waals surface area contributed by atoms with Gasteiger partial charge in [0, 0.05) is 5.92 Å². The van der Waals surface area contributed by atoms with Crippen molar-refractivity contribution >= 4 is 12.4 Å². The molecule has 2 unspecified atom stereocenters. The van der Waals surface area contributed by atoms with Crippen LogP contribution in [0.3, 0.4) is 0 Å². The first kappa shape index (κ1) is 17.1. The molecule has 2 heteroatoms. The molecule has 2 aromatic carbocycles. The number of nitrogens with zero attached hydrogens (tertiary/aromatic N) is 1. The summed E-state index contributed by atoms with van der Waals surface area (Å²) in [6.07, 6.45) is 3.82. The van der Waals surface area contributed by atoms with E-state index in [1.807, 2.05) is 0 Å². The Bertz CT molecular complexity index is 579. The topological polar surface area (TPSA) is 3.24 Å². The minimum atomic E-state index is 0. The molecule has 3 rings (SSSR count). The van der Waals surface area contributed by atoms with Gasteiger partial charge in [0.1, 0.15) is 0 Å². The standard InChI is InChI=1S/C20H25N.ClH/c1-21(2)15-14-18-13-12-16-8-6-7-11-19(16)20(18)17-9-4-3-5-10-17;/h3-11,18,20H,12-15H2,1-2H3;1H. The molecule has 0 heterocycles. The summed E-state index contributed by atoms with van der Waals surface area (Å²) in [5.41, 5.74) is 4.58. The molecule has 0 amide bonds. The second-order valence-electron chi connectivity index (χ2n) is 6.48. The van der Waals surface area contributed by atoms with Crippen LogP contribution in [0.4, 0.5) is 0 Å². The van der Waals surface area contributed by atoms with Crippen LogP contribution in [0, 0.1) is 5.92 Å². The van der Waals surface area contributed by atoms with Crippen LogP contribution in [0.25, 0.3) is 0 Å². The average Bonchev–Trinajstić information content (AvgIpc) is 2.53. The van der Waals surface area contributed by atoms with E-state index in [-0.39, 0.29) is 12.4 Å². The molecule has 118 valence electrons. The monoisotopic (exact) mass is 315 g/mol. The lowest BCUT2D eigenvalue weighted by atomic mass is 9.70. The van der Waals surface area contributed by atoms with Gasteiger partial charge in [0.15, 0.2) is 0 Å². The van der Waals surface area contributed by atoms with Crippen LogP contribution in [0.2, 0.25) is 0 Å². The number of fused-ring (bicyclic) bond motifs is 1. The van der Waals surface area contributed by atoms with Crippen LogP contribution in [0.5, 0.6) is 0 Å². The van der Waals surface area contributed by atoms with E-state index >= 15 is 0 Å². The summed E-state index contributed by atoms with van der Waals surface area (Å²) in [5, 5.41) is 0. The van der Waals surface area contributed by atoms with Gasteiger partial charge in [-0.25, -0.2) is 0 Å². The Morgan fingerprint density at radius 1 is 0.955 bits per heavy atom. The Balaban J connectivity index is 0.00000176. The van der Waals surface area contributed by atoms with E-state index < -0.39 is 0 Å². The van der Waals surface area contributed by atoms with E-state index in [0.29, 0.717) is 5.92 Å². The SMILES string of the molecule is CN(C)CCC1CCc2ccccc2C1c1ccccc1.Cl. The normalized spacial score (nSPS) is 20.3. The van der Waals surface area contributed by atoms with Crippen LogP contribution in [0.1, 0.15) is 35.4 Å². The molecule has 0 fully saturated rings. The van der Waals surface area contributed by atoms with Gasteiger partial charge in [-0.1, -0.05) is 54.6 Å². The third-order valence-electron chi connectivity index (χ3n) is 4.75. The molecule has 22 heavy (non-hydrogen) atoms. The molecule has 1 aliphatic rings. The molecule has 1 aliphatic carbocycles. The summed E-state index contributed by atoms with van der Waals surface area (Å²) in [6.45, 7) is 1.18. The van der Waals surface area contributed by atoms with Gasteiger partial charge in [0.05, 0.1) is 0 Å². The quantitative estimate of drug-likeness (QED) is 0.786. The van der Waals surface area contributed by atoms with E-state index in [1.54, 1.807) is 11.1 Å². The van der Waals surface area contributed by atoms with Gasteiger partial charge in [0.25, 0.3) is 0 Å². The molecule has 0 saturated heterocycles. The zero-order valence-electron chi connectivity index (χ0n) is 13.5. The lowest BCUT2D eigenvalue weighted by molar-refractivity contribution is 0.311. The third kappa shape index (κ3) is 3.71. The highest BCUT2D eigenvalue weighted by molar-refractivity contribution is 5.85. The van der Waals surface area contributed by atoms with Gasteiger partial charge >= 0.3 is 0 Å². The maximum Gasteiger partial charge on any atom is 0.0121 e. The maximum atomic E-state index is 2.34.